The first kappa shape index (κ1) is 15.0. The van der Waals surface area contributed by atoms with Gasteiger partial charge in [-0.25, -0.2) is 4.79 Å². The van der Waals surface area contributed by atoms with Crippen LogP contribution in [-0.4, -0.2) is 28.7 Å². The topological polar surface area (TPSA) is 29.5 Å². The van der Waals surface area contributed by atoms with E-state index in [2.05, 4.69) is 35.2 Å². The summed E-state index contributed by atoms with van der Waals surface area (Å²) in [5.41, 5.74) is 1.35. The fourth-order valence-electron chi connectivity index (χ4n) is 5.38. The van der Waals surface area contributed by atoms with E-state index >= 15 is 0 Å². The molecule has 0 spiro atoms. The van der Waals surface area contributed by atoms with Crippen LogP contribution in [-0.2, 0) is 10.2 Å². The summed E-state index contributed by atoms with van der Waals surface area (Å²) >= 11 is 0. The minimum atomic E-state index is -0.414. The van der Waals surface area contributed by atoms with E-state index < -0.39 is 5.60 Å². The van der Waals surface area contributed by atoms with Gasteiger partial charge in [0.05, 0.1) is 0 Å². The van der Waals surface area contributed by atoms with Crippen molar-refractivity contribution in [3.05, 3.63) is 35.9 Å². The van der Waals surface area contributed by atoms with Crippen molar-refractivity contribution in [2.75, 3.05) is 0 Å². The summed E-state index contributed by atoms with van der Waals surface area (Å²) in [5, 5.41) is 0. The number of nitrogens with zero attached hydrogens (tertiary/aromatic N) is 1. The second-order valence-corrected chi connectivity index (χ2v) is 8.79. The standard InChI is InChI=1S/C20H27NO2/c1-19(2,3)23-18(22)21-16-9-14-10-17(21)13-20(11-14,12-16)15-7-5-4-6-8-15/h4-8,14,16-17H,9-13H2,1-3H3. The molecule has 4 fully saturated rings. The Morgan fingerprint density at radius 1 is 1.09 bits per heavy atom. The zero-order valence-corrected chi connectivity index (χ0v) is 14.4. The quantitative estimate of drug-likeness (QED) is 0.763. The summed E-state index contributed by atoms with van der Waals surface area (Å²) in [6.07, 6.45) is 5.71. The van der Waals surface area contributed by atoms with Gasteiger partial charge in [0.2, 0.25) is 0 Å². The van der Waals surface area contributed by atoms with Gasteiger partial charge in [-0.2, -0.15) is 0 Å². The fourth-order valence-corrected chi connectivity index (χ4v) is 5.38. The van der Waals surface area contributed by atoms with Gasteiger partial charge >= 0.3 is 6.09 Å². The third kappa shape index (κ3) is 2.54. The molecule has 23 heavy (non-hydrogen) atoms. The average Bonchev–Trinajstić information content (AvgIpc) is 2.45. The van der Waals surface area contributed by atoms with Crippen LogP contribution in [0.1, 0.15) is 58.4 Å². The number of rotatable bonds is 1. The summed E-state index contributed by atoms with van der Waals surface area (Å²) in [7, 11) is 0. The molecule has 3 heteroatoms. The number of benzene rings is 1. The SMILES string of the molecule is CC(C)(C)OC(=O)N1C2CC3CC1CC(c1ccccc1)(C3)C2. The Morgan fingerprint density at radius 3 is 2.26 bits per heavy atom. The van der Waals surface area contributed by atoms with Gasteiger partial charge in [0, 0.05) is 12.1 Å². The second-order valence-electron chi connectivity index (χ2n) is 8.79. The summed E-state index contributed by atoms with van der Waals surface area (Å²) < 4.78 is 5.69. The van der Waals surface area contributed by atoms with Gasteiger partial charge in [0.15, 0.2) is 0 Å². The molecule has 1 amide bonds. The van der Waals surface area contributed by atoms with Crippen molar-refractivity contribution in [3.8, 4) is 0 Å². The summed E-state index contributed by atoms with van der Waals surface area (Å²) in [6, 6.07) is 11.7. The van der Waals surface area contributed by atoms with E-state index in [9.17, 15) is 4.79 Å². The highest BCUT2D eigenvalue weighted by Crippen LogP contribution is 2.57. The Bertz CT molecular complexity index is 588. The predicted octanol–water partition coefficient (Wildman–Crippen LogP) is 4.51. The van der Waals surface area contributed by atoms with Crippen LogP contribution >= 0.6 is 0 Å². The van der Waals surface area contributed by atoms with E-state index in [1.165, 1.54) is 12.0 Å². The Morgan fingerprint density at radius 2 is 1.70 bits per heavy atom. The van der Waals surface area contributed by atoms with Crippen molar-refractivity contribution < 1.29 is 9.53 Å². The van der Waals surface area contributed by atoms with Crippen LogP contribution in [0, 0.1) is 5.92 Å². The molecule has 4 bridgehead atoms. The highest BCUT2D eigenvalue weighted by molar-refractivity contribution is 5.69. The van der Waals surface area contributed by atoms with E-state index in [0.717, 1.165) is 31.6 Å². The Kier molecular flexibility index (Phi) is 3.26. The van der Waals surface area contributed by atoms with Crippen LogP contribution in [0.4, 0.5) is 4.79 Å². The summed E-state index contributed by atoms with van der Waals surface area (Å²) in [5.74, 6) is 0.770. The third-order valence-electron chi connectivity index (χ3n) is 5.92. The lowest BCUT2D eigenvalue weighted by Gasteiger charge is -2.61. The van der Waals surface area contributed by atoms with Gasteiger partial charge < -0.3 is 9.64 Å². The lowest BCUT2D eigenvalue weighted by Crippen LogP contribution is -2.65. The molecule has 2 saturated carbocycles. The van der Waals surface area contributed by atoms with Crippen LogP contribution in [0.5, 0.6) is 0 Å². The van der Waals surface area contributed by atoms with Crippen molar-refractivity contribution >= 4 is 6.09 Å². The van der Waals surface area contributed by atoms with Crippen LogP contribution in [0.2, 0.25) is 0 Å². The van der Waals surface area contributed by atoms with E-state index in [1.807, 2.05) is 20.8 Å². The second kappa shape index (κ2) is 4.99. The zero-order valence-electron chi connectivity index (χ0n) is 14.4. The van der Waals surface area contributed by atoms with E-state index in [0.29, 0.717) is 12.1 Å². The average molecular weight is 313 g/mol. The molecule has 0 N–H and O–H groups in total. The molecule has 0 aromatic heterocycles. The minimum Gasteiger partial charge on any atom is -0.444 e. The fraction of sp³-hybridized carbons (Fsp3) is 0.650. The maximum atomic E-state index is 12.7. The highest BCUT2D eigenvalue weighted by Gasteiger charge is 2.56. The molecule has 2 aliphatic heterocycles. The highest BCUT2D eigenvalue weighted by atomic mass is 16.6. The predicted molar refractivity (Wildman–Crippen MR) is 90.3 cm³/mol. The van der Waals surface area contributed by atoms with Gasteiger partial charge in [-0.3, -0.25) is 0 Å². The number of piperidine rings is 2. The Hall–Kier alpha value is -1.51. The zero-order chi connectivity index (χ0) is 16.2. The first-order valence-electron chi connectivity index (χ1n) is 8.93. The van der Waals surface area contributed by atoms with Crippen molar-refractivity contribution in [1.82, 2.24) is 4.90 Å². The van der Waals surface area contributed by atoms with E-state index in [-0.39, 0.29) is 11.5 Å². The molecule has 0 radical (unpaired) electrons. The molecule has 4 aliphatic rings. The smallest absolute Gasteiger partial charge is 0.410 e. The number of carbonyl (C=O) groups is 1. The number of hydrogen-bond acceptors (Lipinski definition) is 2. The largest absolute Gasteiger partial charge is 0.444 e. The first-order chi connectivity index (χ1) is 10.9. The molecule has 3 nitrogen and oxygen atoms in total. The van der Waals surface area contributed by atoms with Crippen LogP contribution < -0.4 is 0 Å². The van der Waals surface area contributed by atoms with Crippen LogP contribution in [0.25, 0.3) is 0 Å². The monoisotopic (exact) mass is 313 g/mol. The van der Waals surface area contributed by atoms with E-state index in [1.54, 1.807) is 0 Å². The summed E-state index contributed by atoms with van der Waals surface area (Å²) in [6.45, 7) is 5.86. The molecule has 2 atom stereocenters. The normalized spacial score (nSPS) is 35.4. The van der Waals surface area contributed by atoms with Crippen LogP contribution in [0.3, 0.4) is 0 Å². The molecule has 1 aromatic carbocycles. The lowest BCUT2D eigenvalue weighted by atomic mass is 9.53. The molecule has 5 rings (SSSR count). The summed E-state index contributed by atoms with van der Waals surface area (Å²) in [4.78, 5) is 14.8. The van der Waals surface area contributed by atoms with Crippen molar-refractivity contribution in [2.45, 2.75) is 76.0 Å². The third-order valence-corrected chi connectivity index (χ3v) is 5.92. The van der Waals surface area contributed by atoms with E-state index in [4.69, 9.17) is 4.74 Å². The number of ether oxygens (including phenoxy) is 1. The number of amides is 1. The molecular weight excluding hydrogens is 286 g/mol. The van der Waals surface area contributed by atoms with Crippen molar-refractivity contribution in [2.24, 2.45) is 5.92 Å². The number of hydrogen-bond donors (Lipinski definition) is 0. The Balaban J connectivity index is 1.61. The van der Waals surface area contributed by atoms with Crippen molar-refractivity contribution in [3.63, 3.8) is 0 Å². The molecule has 2 saturated heterocycles. The Labute approximate surface area is 139 Å². The molecular formula is C20H27NO2. The molecule has 1 aromatic rings. The molecule has 124 valence electrons. The minimum absolute atomic E-state index is 0.102. The van der Waals surface area contributed by atoms with Gasteiger partial charge in [-0.05, 0) is 69.8 Å². The molecule has 2 unspecified atom stereocenters. The first-order valence-corrected chi connectivity index (χ1v) is 8.93. The van der Waals surface area contributed by atoms with Gasteiger partial charge in [0.1, 0.15) is 5.60 Å². The number of carbonyl (C=O) groups excluding carboxylic acids is 1. The maximum Gasteiger partial charge on any atom is 0.410 e. The van der Waals surface area contributed by atoms with Gasteiger partial charge in [0.25, 0.3) is 0 Å². The maximum absolute atomic E-state index is 12.7. The van der Waals surface area contributed by atoms with Crippen molar-refractivity contribution in [1.29, 1.82) is 0 Å². The van der Waals surface area contributed by atoms with Gasteiger partial charge in [-0.15, -0.1) is 0 Å². The van der Waals surface area contributed by atoms with Crippen LogP contribution in [0.15, 0.2) is 30.3 Å². The molecule has 2 heterocycles. The lowest BCUT2D eigenvalue weighted by molar-refractivity contribution is -0.0796. The van der Waals surface area contributed by atoms with Gasteiger partial charge in [-0.1, -0.05) is 30.3 Å². The molecule has 2 aliphatic carbocycles.